The molecule has 1 saturated carbocycles. The van der Waals surface area contributed by atoms with Gasteiger partial charge in [-0.3, -0.25) is 0 Å². The second kappa shape index (κ2) is 4.17. The van der Waals surface area contributed by atoms with E-state index in [1.54, 1.807) is 12.1 Å². The third kappa shape index (κ3) is 2.00. The maximum absolute atomic E-state index is 9.25. The molecule has 0 amide bonds. The molecule has 1 aliphatic rings. The Kier molecular flexibility index (Phi) is 2.52. The standard InChI is InChI=1S/C14H14N2O/c17-12-6-4-11(5-7-12)14-15-9-8-13(16-14)10-2-1-3-10/h4-10,17H,1-3H2. The molecule has 0 aliphatic heterocycles. The number of phenolic OH excluding ortho intramolecular Hbond substituents is 1. The van der Waals surface area contributed by atoms with Gasteiger partial charge >= 0.3 is 0 Å². The molecular weight excluding hydrogens is 212 g/mol. The van der Waals surface area contributed by atoms with Gasteiger partial charge in [0.1, 0.15) is 5.75 Å². The third-order valence-electron chi connectivity index (χ3n) is 3.33. The van der Waals surface area contributed by atoms with Crippen LogP contribution in [0.1, 0.15) is 30.9 Å². The van der Waals surface area contributed by atoms with Gasteiger partial charge in [0.2, 0.25) is 0 Å². The zero-order valence-electron chi connectivity index (χ0n) is 9.50. The quantitative estimate of drug-likeness (QED) is 0.855. The molecule has 0 unspecified atom stereocenters. The lowest BCUT2D eigenvalue weighted by Gasteiger charge is -2.24. The molecular formula is C14H14N2O. The summed E-state index contributed by atoms with van der Waals surface area (Å²) in [4.78, 5) is 8.89. The van der Waals surface area contributed by atoms with Crippen molar-refractivity contribution in [2.45, 2.75) is 25.2 Å². The molecule has 86 valence electrons. The Hall–Kier alpha value is -1.90. The highest BCUT2D eigenvalue weighted by Crippen LogP contribution is 2.35. The van der Waals surface area contributed by atoms with Crippen molar-refractivity contribution in [1.82, 2.24) is 9.97 Å². The lowest BCUT2D eigenvalue weighted by molar-refractivity contribution is 0.411. The number of rotatable bonds is 2. The van der Waals surface area contributed by atoms with Crippen LogP contribution in [0.4, 0.5) is 0 Å². The molecule has 3 nitrogen and oxygen atoms in total. The highest BCUT2D eigenvalue weighted by atomic mass is 16.3. The Morgan fingerprint density at radius 3 is 2.47 bits per heavy atom. The molecule has 1 aliphatic carbocycles. The van der Waals surface area contributed by atoms with E-state index >= 15 is 0 Å². The fourth-order valence-electron chi connectivity index (χ4n) is 2.05. The van der Waals surface area contributed by atoms with E-state index in [4.69, 9.17) is 0 Å². The van der Waals surface area contributed by atoms with Gasteiger partial charge < -0.3 is 5.11 Å². The molecule has 0 bridgehead atoms. The smallest absolute Gasteiger partial charge is 0.159 e. The molecule has 1 heterocycles. The normalized spacial score (nSPS) is 15.5. The summed E-state index contributed by atoms with van der Waals surface area (Å²) in [6, 6.07) is 9.02. The summed E-state index contributed by atoms with van der Waals surface area (Å²) in [5, 5.41) is 9.25. The Morgan fingerprint density at radius 2 is 1.82 bits per heavy atom. The first-order valence-electron chi connectivity index (χ1n) is 5.95. The number of aromatic hydroxyl groups is 1. The summed E-state index contributed by atoms with van der Waals surface area (Å²) in [6.07, 6.45) is 5.62. The van der Waals surface area contributed by atoms with Crippen LogP contribution in [0.25, 0.3) is 11.4 Å². The summed E-state index contributed by atoms with van der Waals surface area (Å²) >= 11 is 0. The lowest BCUT2D eigenvalue weighted by atomic mass is 9.83. The highest BCUT2D eigenvalue weighted by molar-refractivity contribution is 5.56. The summed E-state index contributed by atoms with van der Waals surface area (Å²) < 4.78 is 0. The van der Waals surface area contributed by atoms with Crippen LogP contribution in [-0.2, 0) is 0 Å². The van der Waals surface area contributed by atoms with Crippen molar-refractivity contribution in [3.05, 3.63) is 42.2 Å². The van der Waals surface area contributed by atoms with Gasteiger partial charge in [-0.25, -0.2) is 9.97 Å². The molecule has 17 heavy (non-hydrogen) atoms. The van der Waals surface area contributed by atoms with E-state index in [1.165, 1.54) is 19.3 Å². The van der Waals surface area contributed by atoms with E-state index in [2.05, 4.69) is 9.97 Å². The van der Waals surface area contributed by atoms with Crippen LogP contribution in [0.15, 0.2) is 36.5 Å². The fourth-order valence-corrected chi connectivity index (χ4v) is 2.05. The Balaban J connectivity index is 1.94. The largest absolute Gasteiger partial charge is 0.508 e. The minimum atomic E-state index is 0.267. The molecule has 0 radical (unpaired) electrons. The van der Waals surface area contributed by atoms with E-state index in [9.17, 15) is 5.11 Å². The topological polar surface area (TPSA) is 46.0 Å². The van der Waals surface area contributed by atoms with Crippen LogP contribution in [0, 0.1) is 0 Å². The second-order valence-corrected chi connectivity index (χ2v) is 4.48. The first kappa shape index (κ1) is 10.3. The predicted molar refractivity (Wildman–Crippen MR) is 65.7 cm³/mol. The lowest BCUT2D eigenvalue weighted by Crippen LogP contribution is -2.11. The van der Waals surface area contributed by atoms with Gasteiger partial charge in [0, 0.05) is 23.4 Å². The minimum absolute atomic E-state index is 0.267. The molecule has 1 N–H and O–H groups in total. The maximum Gasteiger partial charge on any atom is 0.159 e. The summed E-state index contributed by atoms with van der Waals surface area (Å²) in [7, 11) is 0. The van der Waals surface area contributed by atoms with E-state index in [-0.39, 0.29) is 5.75 Å². The average Bonchev–Trinajstić information content (AvgIpc) is 2.28. The predicted octanol–water partition coefficient (Wildman–Crippen LogP) is 3.12. The van der Waals surface area contributed by atoms with Crippen molar-refractivity contribution in [3.8, 4) is 17.1 Å². The second-order valence-electron chi connectivity index (χ2n) is 4.48. The Morgan fingerprint density at radius 1 is 1.06 bits per heavy atom. The van der Waals surface area contributed by atoms with Gasteiger partial charge in [0.15, 0.2) is 5.82 Å². The van der Waals surface area contributed by atoms with Crippen molar-refractivity contribution in [2.75, 3.05) is 0 Å². The van der Waals surface area contributed by atoms with E-state index in [0.29, 0.717) is 5.92 Å². The van der Waals surface area contributed by atoms with Crippen molar-refractivity contribution < 1.29 is 5.11 Å². The maximum atomic E-state index is 9.25. The number of nitrogens with zero attached hydrogens (tertiary/aromatic N) is 2. The van der Waals surface area contributed by atoms with Crippen molar-refractivity contribution in [2.24, 2.45) is 0 Å². The first-order chi connectivity index (χ1) is 8.33. The van der Waals surface area contributed by atoms with Crippen LogP contribution >= 0.6 is 0 Å². The van der Waals surface area contributed by atoms with Crippen molar-refractivity contribution >= 4 is 0 Å². The first-order valence-corrected chi connectivity index (χ1v) is 5.95. The van der Waals surface area contributed by atoms with Gasteiger partial charge in [0.25, 0.3) is 0 Å². The zero-order valence-corrected chi connectivity index (χ0v) is 9.50. The Bertz CT molecular complexity index is 518. The third-order valence-corrected chi connectivity index (χ3v) is 3.33. The number of benzene rings is 1. The van der Waals surface area contributed by atoms with E-state index in [0.717, 1.165) is 17.1 Å². The molecule has 0 atom stereocenters. The molecule has 0 spiro atoms. The summed E-state index contributed by atoms with van der Waals surface area (Å²) in [5.41, 5.74) is 2.10. The van der Waals surface area contributed by atoms with Crippen LogP contribution in [-0.4, -0.2) is 15.1 Å². The van der Waals surface area contributed by atoms with Crippen molar-refractivity contribution in [1.29, 1.82) is 0 Å². The molecule has 3 rings (SSSR count). The number of aromatic nitrogens is 2. The zero-order chi connectivity index (χ0) is 11.7. The van der Waals surface area contributed by atoms with Gasteiger partial charge in [-0.05, 0) is 43.2 Å². The Labute approximate surface area is 100 Å². The minimum Gasteiger partial charge on any atom is -0.508 e. The van der Waals surface area contributed by atoms with Crippen LogP contribution in [0.5, 0.6) is 5.75 Å². The molecule has 1 aromatic heterocycles. The fraction of sp³-hybridized carbons (Fsp3) is 0.286. The van der Waals surface area contributed by atoms with Crippen LogP contribution < -0.4 is 0 Å². The highest BCUT2D eigenvalue weighted by Gasteiger charge is 2.21. The average molecular weight is 226 g/mol. The van der Waals surface area contributed by atoms with Gasteiger partial charge in [-0.2, -0.15) is 0 Å². The number of hydrogen-bond donors (Lipinski definition) is 1. The molecule has 1 fully saturated rings. The number of phenols is 1. The van der Waals surface area contributed by atoms with Gasteiger partial charge in [0.05, 0.1) is 0 Å². The van der Waals surface area contributed by atoms with E-state index < -0.39 is 0 Å². The van der Waals surface area contributed by atoms with Crippen LogP contribution in [0.3, 0.4) is 0 Å². The summed E-state index contributed by atoms with van der Waals surface area (Å²) in [5.74, 6) is 1.63. The van der Waals surface area contributed by atoms with Gasteiger partial charge in [-0.15, -0.1) is 0 Å². The SMILES string of the molecule is Oc1ccc(-c2nccc(C3CCC3)n2)cc1. The molecule has 3 heteroatoms. The van der Waals surface area contributed by atoms with Crippen molar-refractivity contribution in [3.63, 3.8) is 0 Å². The molecule has 0 saturated heterocycles. The molecule has 1 aromatic carbocycles. The van der Waals surface area contributed by atoms with E-state index in [1.807, 2.05) is 24.4 Å². The van der Waals surface area contributed by atoms with Crippen LogP contribution in [0.2, 0.25) is 0 Å². The summed E-state index contributed by atoms with van der Waals surface area (Å²) in [6.45, 7) is 0. The van der Waals surface area contributed by atoms with Gasteiger partial charge in [-0.1, -0.05) is 6.42 Å². The number of hydrogen-bond acceptors (Lipinski definition) is 3. The monoisotopic (exact) mass is 226 g/mol. The molecule has 2 aromatic rings.